The Morgan fingerprint density at radius 2 is 2.27 bits per heavy atom. The maximum absolute atomic E-state index is 5.92. The van der Waals surface area contributed by atoms with E-state index in [0.29, 0.717) is 23.6 Å². The molecular formula is C10H14ClN3O. The van der Waals surface area contributed by atoms with Crippen LogP contribution in [-0.4, -0.2) is 30.2 Å². The largest absolute Gasteiger partial charge is 0.377 e. The molecular weight excluding hydrogens is 214 g/mol. The van der Waals surface area contributed by atoms with Crippen molar-refractivity contribution in [3.05, 3.63) is 17.0 Å². The van der Waals surface area contributed by atoms with Crippen LogP contribution in [0.5, 0.6) is 0 Å². The van der Waals surface area contributed by atoms with Crippen molar-refractivity contribution in [3.8, 4) is 0 Å². The van der Waals surface area contributed by atoms with E-state index < -0.39 is 0 Å². The molecule has 0 N–H and O–H groups in total. The first-order valence-electron chi connectivity index (χ1n) is 4.96. The molecule has 1 aromatic rings. The molecule has 2 rings (SSSR count). The molecule has 0 bridgehead atoms. The van der Waals surface area contributed by atoms with E-state index in [1.54, 1.807) is 13.2 Å². The van der Waals surface area contributed by atoms with E-state index in [9.17, 15) is 0 Å². The van der Waals surface area contributed by atoms with Crippen LogP contribution in [0.1, 0.15) is 18.7 Å². The summed E-state index contributed by atoms with van der Waals surface area (Å²) in [7, 11) is 3.65. The third kappa shape index (κ3) is 2.58. The van der Waals surface area contributed by atoms with E-state index in [-0.39, 0.29) is 0 Å². The first-order valence-corrected chi connectivity index (χ1v) is 5.33. The summed E-state index contributed by atoms with van der Waals surface area (Å²) in [5.74, 6) is 1.51. The molecule has 1 aromatic heterocycles. The van der Waals surface area contributed by atoms with Crippen LogP contribution in [0.3, 0.4) is 0 Å². The summed E-state index contributed by atoms with van der Waals surface area (Å²) in [4.78, 5) is 10.6. The number of halogens is 1. The molecule has 15 heavy (non-hydrogen) atoms. The molecule has 0 radical (unpaired) electrons. The number of rotatable bonds is 4. The maximum atomic E-state index is 5.92. The predicted molar refractivity (Wildman–Crippen MR) is 59.2 cm³/mol. The van der Waals surface area contributed by atoms with Crippen molar-refractivity contribution in [1.29, 1.82) is 0 Å². The van der Waals surface area contributed by atoms with Crippen molar-refractivity contribution in [2.75, 3.05) is 19.1 Å². The Labute approximate surface area is 94.2 Å². The SMILES string of the molecule is COCc1nc(Cl)cc(N(C)C2CC2)n1. The number of methoxy groups -OCH3 is 1. The second kappa shape index (κ2) is 4.33. The van der Waals surface area contributed by atoms with Crippen LogP contribution >= 0.6 is 11.6 Å². The maximum Gasteiger partial charge on any atom is 0.158 e. The highest BCUT2D eigenvalue weighted by Gasteiger charge is 2.27. The molecule has 4 nitrogen and oxygen atoms in total. The molecule has 0 atom stereocenters. The van der Waals surface area contributed by atoms with Crippen molar-refractivity contribution in [3.63, 3.8) is 0 Å². The van der Waals surface area contributed by atoms with Gasteiger partial charge in [0.25, 0.3) is 0 Å². The molecule has 5 heteroatoms. The molecule has 0 aliphatic heterocycles. The monoisotopic (exact) mass is 227 g/mol. The zero-order valence-electron chi connectivity index (χ0n) is 8.90. The van der Waals surface area contributed by atoms with Gasteiger partial charge in [-0.15, -0.1) is 0 Å². The lowest BCUT2D eigenvalue weighted by Gasteiger charge is -2.17. The molecule has 1 aliphatic carbocycles. The minimum Gasteiger partial charge on any atom is -0.377 e. The van der Waals surface area contributed by atoms with Crippen LogP contribution in [0.2, 0.25) is 5.15 Å². The van der Waals surface area contributed by atoms with Crippen molar-refractivity contribution in [2.24, 2.45) is 0 Å². The standard InChI is InChI=1S/C10H14ClN3O/c1-14(7-3-4-7)10-5-8(11)12-9(13-10)6-15-2/h5,7H,3-4,6H2,1-2H3. The Kier molecular flexibility index (Phi) is 3.07. The van der Waals surface area contributed by atoms with Crippen LogP contribution in [0, 0.1) is 0 Å². The highest BCUT2D eigenvalue weighted by atomic mass is 35.5. The average molecular weight is 228 g/mol. The summed E-state index contributed by atoms with van der Waals surface area (Å²) < 4.78 is 4.99. The number of nitrogens with zero attached hydrogens (tertiary/aromatic N) is 3. The van der Waals surface area contributed by atoms with Crippen LogP contribution in [-0.2, 0) is 11.3 Å². The van der Waals surface area contributed by atoms with Gasteiger partial charge in [0.1, 0.15) is 17.6 Å². The number of anilines is 1. The fraction of sp³-hybridized carbons (Fsp3) is 0.600. The van der Waals surface area contributed by atoms with Crippen molar-refractivity contribution >= 4 is 17.4 Å². The molecule has 1 heterocycles. The lowest BCUT2D eigenvalue weighted by Crippen LogP contribution is -2.21. The van der Waals surface area contributed by atoms with Gasteiger partial charge in [0, 0.05) is 26.3 Å². The van der Waals surface area contributed by atoms with Crippen molar-refractivity contribution in [2.45, 2.75) is 25.5 Å². The number of hydrogen-bond acceptors (Lipinski definition) is 4. The lowest BCUT2D eigenvalue weighted by atomic mass is 10.4. The molecule has 82 valence electrons. The zero-order chi connectivity index (χ0) is 10.8. The molecule has 1 aliphatic rings. The zero-order valence-corrected chi connectivity index (χ0v) is 9.66. The van der Waals surface area contributed by atoms with E-state index in [1.807, 2.05) is 7.05 Å². The minimum absolute atomic E-state index is 0.395. The normalized spacial score (nSPS) is 15.4. The molecule has 0 amide bonds. The van der Waals surface area contributed by atoms with Gasteiger partial charge in [-0.1, -0.05) is 11.6 Å². The van der Waals surface area contributed by atoms with Crippen molar-refractivity contribution < 1.29 is 4.74 Å². The summed E-state index contributed by atoms with van der Waals surface area (Å²) in [6, 6.07) is 2.41. The predicted octanol–water partition coefficient (Wildman–Crippen LogP) is 1.87. The van der Waals surface area contributed by atoms with E-state index >= 15 is 0 Å². The van der Waals surface area contributed by atoms with E-state index in [0.717, 1.165) is 5.82 Å². The summed E-state index contributed by atoms with van der Waals surface area (Å²) in [6.45, 7) is 0.395. The first kappa shape index (κ1) is 10.6. The van der Waals surface area contributed by atoms with Gasteiger partial charge in [-0.25, -0.2) is 9.97 Å². The van der Waals surface area contributed by atoms with E-state index in [2.05, 4.69) is 14.9 Å². The van der Waals surface area contributed by atoms with Gasteiger partial charge < -0.3 is 9.64 Å². The van der Waals surface area contributed by atoms with Gasteiger partial charge in [-0.2, -0.15) is 0 Å². The van der Waals surface area contributed by atoms with Crippen molar-refractivity contribution in [1.82, 2.24) is 9.97 Å². The highest BCUT2D eigenvalue weighted by molar-refractivity contribution is 6.29. The molecule has 0 aromatic carbocycles. The second-order valence-electron chi connectivity index (χ2n) is 3.74. The van der Waals surface area contributed by atoms with Crippen LogP contribution in [0.25, 0.3) is 0 Å². The summed E-state index contributed by atoms with van der Waals surface area (Å²) in [5, 5.41) is 0.472. The molecule has 0 spiro atoms. The Hall–Kier alpha value is -0.870. The van der Waals surface area contributed by atoms with Gasteiger partial charge in [-0.3, -0.25) is 0 Å². The Morgan fingerprint density at radius 1 is 1.53 bits per heavy atom. The Bertz CT molecular complexity index is 355. The fourth-order valence-electron chi connectivity index (χ4n) is 1.47. The second-order valence-corrected chi connectivity index (χ2v) is 4.13. The smallest absolute Gasteiger partial charge is 0.158 e. The lowest BCUT2D eigenvalue weighted by molar-refractivity contribution is 0.178. The third-order valence-corrected chi connectivity index (χ3v) is 2.65. The fourth-order valence-corrected chi connectivity index (χ4v) is 1.67. The number of ether oxygens (including phenoxy) is 1. The van der Waals surface area contributed by atoms with Gasteiger partial charge in [0.2, 0.25) is 0 Å². The first-order chi connectivity index (χ1) is 7.20. The average Bonchev–Trinajstić information content (AvgIpc) is 2.99. The van der Waals surface area contributed by atoms with E-state index in [1.165, 1.54) is 12.8 Å². The molecule has 1 saturated carbocycles. The highest BCUT2D eigenvalue weighted by Crippen LogP contribution is 2.29. The van der Waals surface area contributed by atoms with Gasteiger partial charge >= 0.3 is 0 Å². The number of hydrogen-bond donors (Lipinski definition) is 0. The summed E-state index contributed by atoms with van der Waals surface area (Å²) in [6.07, 6.45) is 2.47. The minimum atomic E-state index is 0.395. The topological polar surface area (TPSA) is 38.2 Å². The summed E-state index contributed by atoms with van der Waals surface area (Å²) >= 11 is 5.92. The summed E-state index contributed by atoms with van der Waals surface area (Å²) in [5.41, 5.74) is 0. The van der Waals surface area contributed by atoms with Gasteiger partial charge in [0.15, 0.2) is 5.82 Å². The van der Waals surface area contributed by atoms with Crippen LogP contribution in [0.4, 0.5) is 5.82 Å². The van der Waals surface area contributed by atoms with Gasteiger partial charge in [0.05, 0.1) is 0 Å². The molecule has 0 saturated heterocycles. The Balaban J connectivity index is 2.21. The van der Waals surface area contributed by atoms with Crippen LogP contribution < -0.4 is 4.90 Å². The number of aromatic nitrogens is 2. The Morgan fingerprint density at radius 3 is 2.87 bits per heavy atom. The van der Waals surface area contributed by atoms with Gasteiger partial charge in [-0.05, 0) is 12.8 Å². The van der Waals surface area contributed by atoms with Crippen LogP contribution in [0.15, 0.2) is 6.07 Å². The molecule has 1 fully saturated rings. The van der Waals surface area contributed by atoms with E-state index in [4.69, 9.17) is 16.3 Å². The quantitative estimate of drug-likeness (QED) is 0.737. The molecule has 0 unspecified atom stereocenters. The third-order valence-electron chi connectivity index (χ3n) is 2.46.